The normalized spacial score (nSPS) is 14.1. The predicted octanol–water partition coefficient (Wildman–Crippen LogP) is 4.39. The molecule has 0 radical (unpaired) electrons. The van der Waals surface area contributed by atoms with E-state index in [1.54, 1.807) is 29.2 Å². The van der Waals surface area contributed by atoms with Gasteiger partial charge < -0.3 is 0 Å². The second kappa shape index (κ2) is 8.61. The Labute approximate surface area is 205 Å². The summed E-state index contributed by atoms with van der Waals surface area (Å²) < 4.78 is 43.8. The molecule has 0 bridgehead atoms. The third-order valence-electron chi connectivity index (χ3n) is 6.15. The molecule has 1 aliphatic rings. The number of anilines is 1. The van der Waals surface area contributed by atoms with E-state index in [-0.39, 0.29) is 17.8 Å². The van der Waals surface area contributed by atoms with Gasteiger partial charge in [-0.25, -0.2) is 14.3 Å². The molecular weight excluding hydrogens is 473 g/mol. The van der Waals surface area contributed by atoms with Gasteiger partial charge in [-0.3, -0.25) is 14.4 Å². The van der Waals surface area contributed by atoms with Crippen LogP contribution in [0.3, 0.4) is 0 Å². The second-order valence-corrected chi connectivity index (χ2v) is 9.13. The Morgan fingerprint density at radius 1 is 1.11 bits per heavy atom. The number of aromatic nitrogens is 7. The van der Waals surface area contributed by atoms with Gasteiger partial charge in [0.05, 0.1) is 25.0 Å². The predicted molar refractivity (Wildman–Crippen MR) is 126 cm³/mol. The zero-order chi connectivity index (χ0) is 25.8. The lowest BCUT2D eigenvalue weighted by Gasteiger charge is -2.27. The first kappa shape index (κ1) is 23.8. The lowest BCUT2D eigenvalue weighted by atomic mass is 10.1. The monoisotopic (exact) mass is 498 g/mol. The van der Waals surface area contributed by atoms with Crippen LogP contribution in [0, 0.1) is 6.92 Å². The van der Waals surface area contributed by atoms with E-state index in [9.17, 15) is 18.0 Å². The fraction of sp³-hybridized carbons (Fsp3) is 0.375. The molecule has 0 saturated heterocycles. The molecule has 0 aliphatic carbocycles. The molecule has 4 heterocycles. The van der Waals surface area contributed by atoms with E-state index in [0.29, 0.717) is 30.9 Å². The highest BCUT2D eigenvalue weighted by Crippen LogP contribution is 2.32. The van der Waals surface area contributed by atoms with E-state index in [1.165, 1.54) is 7.05 Å². The van der Waals surface area contributed by atoms with E-state index in [4.69, 9.17) is 5.10 Å². The number of carbonyl (C=O) groups is 1. The highest BCUT2D eigenvalue weighted by atomic mass is 19.4. The van der Waals surface area contributed by atoms with Crippen LogP contribution in [-0.4, -0.2) is 40.2 Å². The smallest absolute Gasteiger partial charge is 0.292 e. The van der Waals surface area contributed by atoms with Crippen molar-refractivity contribution in [2.45, 2.75) is 52.5 Å². The molecule has 0 N–H and O–H groups in total. The molecular formula is C24H25F3N8O. The third kappa shape index (κ3) is 4.16. The van der Waals surface area contributed by atoms with Crippen LogP contribution < -0.4 is 4.90 Å². The maximum absolute atomic E-state index is 13.0. The summed E-state index contributed by atoms with van der Waals surface area (Å²) in [5.41, 5.74) is 4.01. The Bertz CT molecular complexity index is 1430. The Morgan fingerprint density at radius 2 is 1.83 bits per heavy atom. The van der Waals surface area contributed by atoms with Crippen LogP contribution in [0.2, 0.25) is 0 Å². The summed E-state index contributed by atoms with van der Waals surface area (Å²) in [6.07, 6.45) is -2.47. The molecule has 9 nitrogen and oxygen atoms in total. The van der Waals surface area contributed by atoms with Crippen molar-refractivity contribution < 1.29 is 18.0 Å². The fourth-order valence-corrected chi connectivity index (χ4v) is 4.39. The van der Waals surface area contributed by atoms with Gasteiger partial charge in [0.25, 0.3) is 5.82 Å². The number of hydrogen-bond donors (Lipinski definition) is 0. The van der Waals surface area contributed by atoms with E-state index in [2.05, 4.69) is 29.0 Å². The van der Waals surface area contributed by atoms with E-state index >= 15 is 0 Å². The van der Waals surface area contributed by atoms with Gasteiger partial charge in [0.15, 0.2) is 5.82 Å². The van der Waals surface area contributed by atoms with E-state index < -0.39 is 12.0 Å². The molecule has 36 heavy (non-hydrogen) atoms. The van der Waals surface area contributed by atoms with Crippen molar-refractivity contribution >= 4 is 11.7 Å². The molecule has 12 heteroatoms. The summed E-state index contributed by atoms with van der Waals surface area (Å²) in [5, 5.41) is 12.7. The number of nitrogens with zero attached hydrogens (tertiary/aromatic N) is 8. The van der Waals surface area contributed by atoms with Crippen molar-refractivity contribution in [3.63, 3.8) is 0 Å². The summed E-state index contributed by atoms with van der Waals surface area (Å²) in [6, 6.07) is 8.98. The molecule has 0 fully saturated rings. The SMILES string of the molecule is Cc1cnn(C(C)C)c1-c1cc2n(n1)CCC(=O)N2Cc1ccc(-c2nc(C(F)(F)F)nn2C)cc1. The fourth-order valence-electron chi connectivity index (χ4n) is 4.39. The van der Waals surface area contributed by atoms with Gasteiger partial charge in [0.2, 0.25) is 5.91 Å². The zero-order valence-corrected chi connectivity index (χ0v) is 20.3. The highest BCUT2D eigenvalue weighted by Gasteiger charge is 2.37. The molecule has 188 valence electrons. The number of benzene rings is 1. The van der Waals surface area contributed by atoms with Crippen molar-refractivity contribution in [1.29, 1.82) is 0 Å². The number of rotatable bonds is 5. The number of fused-ring (bicyclic) bond motifs is 1. The lowest BCUT2D eigenvalue weighted by molar-refractivity contribution is -0.144. The number of aryl methyl sites for hydroxylation is 3. The summed E-state index contributed by atoms with van der Waals surface area (Å²) in [5.74, 6) is -0.386. The summed E-state index contributed by atoms with van der Waals surface area (Å²) in [7, 11) is 1.42. The Morgan fingerprint density at radius 3 is 2.47 bits per heavy atom. The third-order valence-corrected chi connectivity index (χ3v) is 6.15. The minimum absolute atomic E-state index is 0.0183. The van der Waals surface area contributed by atoms with Crippen LogP contribution in [-0.2, 0) is 31.1 Å². The first-order chi connectivity index (χ1) is 17.0. The van der Waals surface area contributed by atoms with Crippen LogP contribution in [0.5, 0.6) is 0 Å². The van der Waals surface area contributed by atoms with E-state index in [1.807, 2.05) is 28.6 Å². The summed E-state index contributed by atoms with van der Waals surface area (Å²) >= 11 is 0. The average molecular weight is 499 g/mol. The number of alkyl halides is 3. The van der Waals surface area contributed by atoms with E-state index in [0.717, 1.165) is 27.2 Å². The molecule has 4 aromatic rings. The lowest BCUT2D eigenvalue weighted by Crippen LogP contribution is -2.36. The maximum atomic E-state index is 13.0. The van der Waals surface area contributed by atoms with Crippen molar-refractivity contribution in [2.75, 3.05) is 4.90 Å². The number of halogens is 3. The van der Waals surface area contributed by atoms with Crippen molar-refractivity contribution in [3.8, 4) is 22.8 Å². The number of carbonyl (C=O) groups excluding carboxylic acids is 1. The van der Waals surface area contributed by atoms with Crippen LogP contribution in [0.25, 0.3) is 22.8 Å². The van der Waals surface area contributed by atoms with Crippen LogP contribution in [0.1, 0.15) is 43.3 Å². The Balaban J connectivity index is 1.42. The van der Waals surface area contributed by atoms with Gasteiger partial charge in [-0.2, -0.15) is 23.4 Å². The largest absolute Gasteiger partial charge is 0.453 e. The number of amides is 1. The first-order valence-corrected chi connectivity index (χ1v) is 11.5. The molecule has 0 atom stereocenters. The van der Waals surface area contributed by atoms with Crippen molar-refractivity contribution in [3.05, 3.63) is 53.5 Å². The van der Waals surface area contributed by atoms with Crippen molar-refractivity contribution in [1.82, 2.24) is 34.3 Å². The van der Waals surface area contributed by atoms with Gasteiger partial charge in [0, 0.05) is 31.1 Å². The summed E-state index contributed by atoms with van der Waals surface area (Å²) in [6.45, 7) is 6.89. The molecule has 0 unspecified atom stereocenters. The number of hydrogen-bond acceptors (Lipinski definition) is 5. The first-order valence-electron chi connectivity index (χ1n) is 11.5. The molecule has 1 aliphatic heterocycles. The van der Waals surface area contributed by atoms with Gasteiger partial charge in [-0.1, -0.05) is 24.3 Å². The molecule has 0 spiro atoms. The standard InChI is InChI=1S/C24H25F3N8O/c1-14(2)35-21(15(3)12-28-35)18-11-19-33(20(36)9-10-34(19)30-18)13-16-5-7-17(8-6-16)22-29-23(24(25,26)27)31-32(22)4/h5-8,11-12,14H,9-10,13H2,1-4H3. The molecule has 0 saturated carbocycles. The van der Waals surface area contributed by atoms with Crippen LogP contribution in [0.15, 0.2) is 36.5 Å². The van der Waals surface area contributed by atoms with Gasteiger partial charge in [-0.15, -0.1) is 5.10 Å². The summed E-state index contributed by atoms with van der Waals surface area (Å²) in [4.78, 5) is 18.2. The average Bonchev–Trinajstić information content (AvgIpc) is 3.52. The minimum atomic E-state index is -4.61. The van der Waals surface area contributed by atoms with Gasteiger partial charge in [-0.05, 0) is 31.9 Å². The quantitative estimate of drug-likeness (QED) is 0.408. The maximum Gasteiger partial charge on any atom is 0.453 e. The molecule has 1 aromatic carbocycles. The minimum Gasteiger partial charge on any atom is -0.292 e. The molecule has 5 rings (SSSR count). The van der Waals surface area contributed by atoms with Gasteiger partial charge in [0.1, 0.15) is 11.5 Å². The second-order valence-electron chi connectivity index (χ2n) is 9.13. The van der Waals surface area contributed by atoms with Gasteiger partial charge >= 0.3 is 6.18 Å². The van der Waals surface area contributed by atoms with Crippen LogP contribution >= 0.6 is 0 Å². The van der Waals surface area contributed by atoms with Crippen LogP contribution in [0.4, 0.5) is 19.0 Å². The molecule has 1 amide bonds. The Kier molecular flexibility index (Phi) is 5.68. The zero-order valence-electron chi connectivity index (χ0n) is 20.3. The highest BCUT2D eigenvalue weighted by molar-refractivity contribution is 5.94. The Hall–Kier alpha value is -3.96. The molecule has 3 aromatic heterocycles. The topological polar surface area (TPSA) is 86.7 Å². The van der Waals surface area contributed by atoms with Crippen molar-refractivity contribution in [2.24, 2.45) is 7.05 Å².